The molecule has 0 radical (unpaired) electrons. The van der Waals surface area contributed by atoms with Gasteiger partial charge in [-0.2, -0.15) is 0 Å². The van der Waals surface area contributed by atoms with Crippen molar-refractivity contribution in [3.05, 3.63) is 75.1 Å². The third-order valence-corrected chi connectivity index (χ3v) is 5.17. The molecule has 0 fully saturated rings. The zero-order chi connectivity index (χ0) is 23.6. The number of H-pyrrole nitrogens is 1. The number of nitrogens with one attached hydrogen (secondary N) is 1. The van der Waals surface area contributed by atoms with E-state index in [1.807, 2.05) is 32.0 Å². The summed E-state index contributed by atoms with van der Waals surface area (Å²) in [6.07, 6.45) is -1.60. The molecule has 3 aromatic rings. The molecule has 0 saturated heterocycles. The molecule has 1 aromatic heterocycles. The molecule has 1 heterocycles. The fourth-order valence-electron chi connectivity index (χ4n) is 3.62. The zero-order valence-corrected chi connectivity index (χ0v) is 19.1. The summed E-state index contributed by atoms with van der Waals surface area (Å²) >= 11 is 0. The van der Waals surface area contributed by atoms with Crippen molar-refractivity contribution in [1.29, 1.82) is 0 Å². The van der Waals surface area contributed by atoms with Crippen molar-refractivity contribution in [3.63, 3.8) is 0 Å². The number of fused-ring (bicyclic) bond motifs is 1. The molecule has 7 nitrogen and oxygen atoms in total. The van der Waals surface area contributed by atoms with Gasteiger partial charge < -0.3 is 24.8 Å². The predicted octanol–water partition coefficient (Wildman–Crippen LogP) is 4.32. The van der Waals surface area contributed by atoms with Crippen LogP contribution in [0.2, 0.25) is 0 Å². The highest BCUT2D eigenvalue weighted by molar-refractivity contribution is 5.87. The lowest BCUT2D eigenvalue weighted by Gasteiger charge is -2.30. The van der Waals surface area contributed by atoms with Crippen molar-refractivity contribution in [2.75, 3.05) is 6.54 Å². The number of carbonyl (C=O) groups is 1. The summed E-state index contributed by atoms with van der Waals surface area (Å²) in [7, 11) is 0. The summed E-state index contributed by atoms with van der Waals surface area (Å²) in [5.41, 5.74) is 2.81. The second-order valence-corrected chi connectivity index (χ2v) is 9.09. The van der Waals surface area contributed by atoms with Gasteiger partial charge in [0.2, 0.25) is 5.56 Å². The van der Waals surface area contributed by atoms with Crippen LogP contribution < -0.4 is 5.56 Å². The standard InChI is InChI=1S/C25H30N2O5/c1-15-6-7-17(16(2)12-15)13-27(24(31)32-25(3,4)5)14-21(29)18-8-10-20(28)23-19(18)9-11-22(30)26-23/h6-12,21,28-29H,13-14H2,1-5H3,(H,26,30). The molecule has 0 aliphatic carbocycles. The second-order valence-electron chi connectivity index (χ2n) is 9.09. The number of aliphatic hydroxyl groups is 1. The SMILES string of the molecule is Cc1ccc(CN(CC(O)c2ccc(O)c3[nH]c(=O)ccc23)C(=O)OC(C)(C)C)c(C)c1. The Morgan fingerprint density at radius 1 is 1.12 bits per heavy atom. The molecule has 0 saturated carbocycles. The molecule has 170 valence electrons. The highest BCUT2D eigenvalue weighted by Crippen LogP contribution is 2.30. The second kappa shape index (κ2) is 9.04. The Kier molecular flexibility index (Phi) is 6.60. The van der Waals surface area contributed by atoms with Gasteiger partial charge in [-0.1, -0.05) is 29.8 Å². The number of rotatable bonds is 5. The van der Waals surface area contributed by atoms with Gasteiger partial charge in [-0.25, -0.2) is 4.79 Å². The Bertz CT molecular complexity index is 1190. The number of ether oxygens (including phenoxy) is 1. The topological polar surface area (TPSA) is 103 Å². The Balaban J connectivity index is 1.95. The van der Waals surface area contributed by atoms with Crippen LogP contribution in [0.1, 0.15) is 49.1 Å². The fourth-order valence-corrected chi connectivity index (χ4v) is 3.62. The molecule has 2 aromatic carbocycles. The molecule has 1 atom stereocenters. The highest BCUT2D eigenvalue weighted by atomic mass is 16.6. The molecular weight excluding hydrogens is 408 g/mol. The van der Waals surface area contributed by atoms with Gasteiger partial charge in [0.1, 0.15) is 11.4 Å². The smallest absolute Gasteiger partial charge is 0.410 e. The largest absolute Gasteiger partial charge is 0.506 e. The number of hydrogen-bond donors (Lipinski definition) is 3. The maximum absolute atomic E-state index is 13.0. The number of aromatic nitrogens is 1. The van der Waals surface area contributed by atoms with E-state index in [0.717, 1.165) is 16.7 Å². The summed E-state index contributed by atoms with van der Waals surface area (Å²) < 4.78 is 5.58. The van der Waals surface area contributed by atoms with Crippen LogP contribution in [0.4, 0.5) is 4.79 Å². The van der Waals surface area contributed by atoms with Crippen molar-refractivity contribution >= 4 is 17.0 Å². The van der Waals surface area contributed by atoms with Crippen molar-refractivity contribution in [2.24, 2.45) is 0 Å². The van der Waals surface area contributed by atoms with E-state index >= 15 is 0 Å². The molecule has 0 bridgehead atoms. The van der Waals surface area contributed by atoms with Gasteiger partial charge in [-0.3, -0.25) is 4.79 Å². The Morgan fingerprint density at radius 3 is 2.50 bits per heavy atom. The van der Waals surface area contributed by atoms with E-state index in [9.17, 15) is 19.8 Å². The van der Waals surface area contributed by atoms with E-state index in [1.165, 1.54) is 17.0 Å². The van der Waals surface area contributed by atoms with Crippen LogP contribution in [-0.4, -0.2) is 38.3 Å². The van der Waals surface area contributed by atoms with Crippen molar-refractivity contribution in [3.8, 4) is 5.75 Å². The monoisotopic (exact) mass is 438 g/mol. The number of aliphatic hydroxyl groups excluding tert-OH is 1. The maximum atomic E-state index is 13.0. The number of aromatic amines is 1. The number of amides is 1. The Hall–Kier alpha value is -3.32. The van der Waals surface area contributed by atoms with Gasteiger partial charge in [-0.05, 0) is 63.4 Å². The normalized spacial score (nSPS) is 12.6. The number of phenolic OH excluding ortho intramolecular Hbond substituents is 1. The van der Waals surface area contributed by atoms with E-state index in [1.54, 1.807) is 32.9 Å². The average Bonchev–Trinajstić information content (AvgIpc) is 2.68. The first-order valence-corrected chi connectivity index (χ1v) is 10.5. The first-order valence-electron chi connectivity index (χ1n) is 10.5. The lowest BCUT2D eigenvalue weighted by Crippen LogP contribution is -2.39. The van der Waals surface area contributed by atoms with E-state index in [4.69, 9.17) is 4.74 Å². The lowest BCUT2D eigenvalue weighted by atomic mass is 10.0. The van der Waals surface area contributed by atoms with Gasteiger partial charge in [0.15, 0.2) is 0 Å². The van der Waals surface area contributed by atoms with Crippen LogP contribution in [0.15, 0.2) is 47.3 Å². The quantitative estimate of drug-likeness (QED) is 0.550. The fraction of sp³-hybridized carbons (Fsp3) is 0.360. The number of carbonyl (C=O) groups excluding carboxylic acids is 1. The molecule has 32 heavy (non-hydrogen) atoms. The average molecular weight is 439 g/mol. The van der Waals surface area contributed by atoms with Gasteiger partial charge in [0.05, 0.1) is 18.2 Å². The van der Waals surface area contributed by atoms with Crippen molar-refractivity contribution in [2.45, 2.75) is 52.9 Å². The minimum atomic E-state index is -1.07. The van der Waals surface area contributed by atoms with E-state index < -0.39 is 17.8 Å². The van der Waals surface area contributed by atoms with E-state index in [0.29, 0.717) is 10.9 Å². The van der Waals surface area contributed by atoms with Crippen LogP contribution in [0.5, 0.6) is 5.75 Å². The van der Waals surface area contributed by atoms with E-state index in [2.05, 4.69) is 4.98 Å². The zero-order valence-electron chi connectivity index (χ0n) is 19.1. The van der Waals surface area contributed by atoms with Gasteiger partial charge in [0, 0.05) is 18.0 Å². The molecule has 0 spiro atoms. The third kappa shape index (κ3) is 5.48. The third-order valence-electron chi connectivity index (χ3n) is 5.17. The lowest BCUT2D eigenvalue weighted by molar-refractivity contribution is 0.0125. The summed E-state index contributed by atoms with van der Waals surface area (Å²) in [5.74, 6) is -0.0899. The highest BCUT2D eigenvalue weighted by Gasteiger charge is 2.26. The van der Waals surface area contributed by atoms with E-state index in [-0.39, 0.29) is 29.9 Å². The molecule has 7 heteroatoms. The molecular formula is C25H30N2O5. The Morgan fingerprint density at radius 2 is 1.84 bits per heavy atom. The molecule has 0 aliphatic rings. The molecule has 3 N–H and O–H groups in total. The van der Waals surface area contributed by atoms with Gasteiger partial charge in [0.25, 0.3) is 0 Å². The number of benzene rings is 2. The predicted molar refractivity (Wildman–Crippen MR) is 124 cm³/mol. The number of nitrogens with zero attached hydrogens (tertiary/aromatic N) is 1. The number of phenols is 1. The number of aromatic hydroxyl groups is 1. The molecule has 1 unspecified atom stereocenters. The van der Waals surface area contributed by atoms with Gasteiger partial charge >= 0.3 is 6.09 Å². The van der Waals surface area contributed by atoms with Crippen LogP contribution in [-0.2, 0) is 11.3 Å². The van der Waals surface area contributed by atoms with Crippen LogP contribution >= 0.6 is 0 Å². The minimum absolute atomic E-state index is 0.0266. The number of pyridine rings is 1. The first-order chi connectivity index (χ1) is 14.9. The molecule has 0 aliphatic heterocycles. The maximum Gasteiger partial charge on any atom is 0.410 e. The summed E-state index contributed by atoms with van der Waals surface area (Å²) in [6, 6.07) is 11.9. The van der Waals surface area contributed by atoms with Crippen molar-refractivity contribution < 1.29 is 19.7 Å². The first kappa shape index (κ1) is 23.3. The van der Waals surface area contributed by atoms with Gasteiger partial charge in [-0.15, -0.1) is 0 Å². The van der Waals surface area contributed by atoms with Crippen LogP contribution in [0.3, 0.4) is 0 Å². The number of hydrogen-bond acceptors (Lipinski definition) is 5. The van der Waals surface area contributed by atoms with Crippen molar-refractivity contribution in [1.82, 2.24) is 9.88 Å². The van der Waals surface area contributed by atoms with Crippen LogP contribution in [0, 0.1) is 13.8 Å². The number of aryl methyl sites for hydroxylation is 2. The van der Waals surface area contributed by atoms with Crippen LogP contribution in [0.25, 0.3) is 10.9 Å². The summed E-state index contributed by atoms with van der Waals surface area (Å²) in [6.45, 7) is 9.61. The summed E-state index contributed by atoms with van der Waals surface area (Å²) in [4.78, 5) is 28.7. The molecule has 1 amide bonds. The molecule has 3 rings (SSSR count). The minimum Gasteiger partial charge on any atom is -0.506 e. The summed E-state index contributed by atoms with van der Waals surface area (Å²) in [5, 5.41) is 21.7. The Labute approximate surface area is 187 Å².